The van der Waals surface area contributed by atoms with Crippen LogP contribution in [0, 0.1) is 5.92 Å². The molecule has 2 aliphatic rings. The summed E-state index contributed by atoms with van der Waals surface area (Å²) in [7, 11) is 0. The zero-order chi connectivity index (χ0) is 13.9. The number of hydrogen-bond acceptors (Lipinski definition) is 3. The van der Waals surface area contributed by atoms with Crippen molar-refractivity contribution in [3.8, 4) is 0 Å². The normalized spacial score (nSPS) is 31.0. The van der Waals surface area contributed by atoms with Crippen LogP contribution in [0.4, 0.5) is 0 Å². The number of nitrogens with two attached hydrogens (primary N) is 1. The lowest BCUT2D eigenvalue weighted by Crippen LogP contribution is -2.50. The molecule has 3 rings (SSSR count). The molecule has 3 heteroatoms. The number of piperidine rings is 1. The average molecular weight is 274 g/mol. The van der Waals surface area contributed by atoms with Gasteiger partial charge in [0.2, 0.25) is 0 Å². The van der Waals surface area contributed by atoms with E-state index in [2.05, 4.69) is 36.1 Å². The highest BCUT2D eigenvalue weighted by Gasteiger charge is 2.34. The standard InChI is InChI=1S/C17H26N2O/c1-2-13-7-8-19(15(9-13)10-18)17-12-20-11-14-5-3-4-6-16(14)17/h3-6,13,15,17H,2,7-12,18H2,1H3. The molecule has 2 N–H and O–H groups in total. The Morgan fingerprint density at radius 2 is 2.20 bits per heavy atom. The number of hydrogen-bond donors (Lipinski definition) is 1. The molecule has 0 bridgehead atoms. The Morgan fingerprint density at radius 1 is 1.35 bits per heavy atom. The maximum Gasteiger partial charge on any atom is 0.0721 e. The van der Waals surface area contributed by atoms with Gasteiger partial charge in [0.05, 0.1) is 19.3 Å². The van der Waals surface area contributed by atoms with E-state index in [-0.39, 0.29) is 0 Å². The highest BCUT2D eigenvalue weighted by Crippen LogP contribution is 2.35. The second-order valence-corrected chi connectivity index (χ2v) is 6.16. The number of fused-ring (bicyclic) bond motifs is 1. The molecular weight excluding hydrogens is 248 g/mol. The Bertz CT molecular complexity index is 448. The number of benzene rings is 1. The van der Waals surface area contributed by atoms with Gasteiger partial charge < -0.3 is 10.5 Å². The summed E-state index contributed by atoms with van der Waals surface area (Å²) in [4.78, 5) is 2.60. The first-order valence-corrected chi connectivity index (χ1v) is 7.94. The first kappa shape index (κ1) is 14.1. The summed E-state index contributed by atoms with van der Waals surface area (Å²) in [6, 6.07) is 9.61. The van der Waals surface area contributed by atoms with Crippen molar-refractivity contribution in [2.45, 2.75) is 44.9 Å². The van der Waals surface area contributed by atoms with Crippen molar-refractivity contribution in [2.24, 2.45) is 11.7 Å². The summed E-state index contributed by atoms with van der Waals surface area (Å²) in [5, 5.41) is 0. The van der Waals surface area contributed by atoms with Gasteiger partial charge in [0, 0.05) is 12.6 Å². The maximum absolute atomic E-state index is 6.05. The molecule has 0 saturated carbocycles. The minimum atomic E-state index is 0.395. The average Bonchev–Trinajstić information content (AvgIpc) is 2.53. The molecule has 0 radical (unpaired) electrons. The van der Waals surface area contributed by atoms with Crippen molar-refractivity contribution >= 4 is 0 Å². The van der Waals surface area contributed by atoms with Crippen LogP contribution in [-0.2, 0) is 11.3 Å². The quantitative estimate of drug-likeness (QED) is 0.921. The van der Waals surface area contributed by atoms with Crippen LogP contribution in [0.5, 0.6) is 0 Å². The van der Waals surface area contributed by atoms with E-state index in [9.17, 15) is 0 Å². The minimum absolute atomic E-state index is 0.395. The van der Waals surface area contributed by atoms with Crippen LogP contribution in [0.15, 0.2) is 24.3 Å². The fourth-order valence-electron chi connectivity index (χ4n) is 3.80. The van der Waals surface area contributed by atoms with Crippen molar-refractivity contribution in [3.05, 3.63) is 35.4 Å². The topological polar surface area (TPSA) is 38.5 Å². The minimum Gasteiger partial charge on any atom is -0.375 e. The second-order valence-electron chi connectivity index (χ2n) is 6.16. The zero-order valence-electron chi connectivity index (χ0n) is 12.4. The van der Waals surface area contributed by atoms with Crippen LogP contribution < -0.4 is 5.73 Å². The Balaban J connectivity index is 1.82. The fraction of sp³-hybridized carbons (Fsp3) is 0.647. The Kier molecular flexibility index (Phi) is 4.39. The molecule has 2 aliphatic heterocycles. The predicted octanol–water partition coefficient (Wildman–Crippen LogP) is 2.71. The van der Waals surface area contributed by atoms with Gasteiger partial charge in [0.1, 0.15) is 0 Å². The van der Waals surface area contributed by atoms with E-state index in [4.69, 9.17) is 10.5 Å². The molecule has 3 unspecified atom stereocenters. The molecular formula is C17H26N2O. The van der Waals surface area contributed by atoms with Crippen molar-refractivity contribution in [2.75, 3.05) is 19.7 Å². The lowest BCUT2D eigenvalue weighted by molar-refractivity contribution is -0.00686. The smallest absolute Gasteiger partial charge is 0.0721 e. The lowest BCUT2D eigenvalue weighted by atomic mass is 9.86. The van der Waals surface area contributed by atoms with Gasteiger partial charge in [-0.3, -0.25) is 4.90 Å². The SMILES string of the molecule is CCC1CCN(C2COCc3ccccc32)C(CN)C1. The monoisotopic (exact) mass is 274 g/mol. The zero-order valence-corrected chi connectivity index (χ0v) is 12.4. The second kappa shape index (κ2) is 6.25. The highest BCUT2D eigenvalue weighted by molar-refractivity contribution is 5.31. The van der Waals surface area contributed by atoms with Crippen LogP contribution in [0.2, 0.25) is 0 Å². The van der Waals surface area contributed by atoms with Gasteiger partial charge in [0.25, 0.3) is 0 Å². The summed E-state index contributed by atoms with van der Waals surface area (Å²) in [5.41, 5.74) is 8.85. The Morgan fingerprint density at radius 3 is 3.00 bits per heavy atom. The van der Waals surface area contributed by atoms with Crippen molar-refractivity contribution in [1.29, 1.82) is 0 Å². The van der Waals surface area contributed by atoms with E-state index in [1.165, 1.54) is 30.4 Å². The summed E-state index contributed by atoms with van der Waals surface area (Å²) in [5.74, 6) is 0.847. The molecule has 1 aromatic rings. The van der Waals surface area contributed by atoms with E-state index < -0.39 is 0 Å². The van der Waals surface area contributed by atoms with Crippen molar-refractivity contribution in [3.63, 3.8) is 0 Å². The molecule has 3 nitrogen and oxygen atoms in total. The predicted molar refractivity (Wildman–Crippen MR) is 81.4 cm³/mol. The van der Waals surface area contributed by atoms with E-state index in [1.807, 2.05) is 0 Å². The molecule has 0 aromatic heterocycles. The van der Waals surface area contributed by atoms with Gasteiger partial charge in [-0.1, -0.05) is 37.6 Å². The van der Waals surface area contributed by atoms with Gasteiger partial charge in [-0.2, -0.15) is 0 Å². The van der Waals surface area contributed by atoms with E-state index in [0.717, 1.165) is 32.2 Å². The third kappa shape index (κ3) is 2.62. The fourth-order valence-corrected chi connectivity index (χ4v) is 3.80. The summed E-state index contributed by atoms with van der Waals surface area (Å²) in [6.07, 6.45) is 3.82. The van der Waals surface area contributed by atoms with Crippen molar-refractivity contribution < 1.29 is 4.74 Å². The van der Waals surface area contributed by atoms with Crippen LogP contribution in [0.1, 0.15) is 43.4 Å². The molecule has 1 fully saturated rings. The van der Waals surface area contributed by atoms with E-state index >= 15 is 0 Å². The summed E-state index contributed by atoms with van der Waals surface area (Å²) >= 11 is 0. The van der Waals surface area contributed by atoms with Gasteiger partial charge in [-0.25, -0.2) is 0 Å². The number of rotatable bonds is 3. The van der Waals surface area contributed by atoms with Gasteiger partial charge in [0.15, 0.2) is 0 Å². The number of ether oxygens (including phenoxy) is 1. The van der Waals surface area contributed by atoms with Crippen LogP contribution in [0.3, 0.4) is 0 Å². The van der Waals surface area contributed by atoms with E-state index in [0.29, 0.717) is 12.1 Å². The van der Waals surface area contributed by atoms with Crippen LogP contribution >= 0.6 is 0 Å². The van der Waals surface area contributed by atoms with Crippen molar-refractivity contribution in [1.82, 2.24) is 4.90 Å². The molecule has 0 aliphatic carbocycles. The summed E-state index contributed by atoms with van der Waals surface area (Å²) < 4.78 is 5.83. The number of likely N-dealkylation sites (tertiary alicyclic amines) is 1. The van der Waals surface area contributed by atoms with E-state index in [1.54, 1.807) is 0 Å². The maximum atomic E-state index is 6.05. The first-order valence-electron chi connectivity index (χ1n) is 7.94. The molecule has 0 spiro atoms. The van der Waals surface area contributed by atoms with Crippen LogP contribution in [-0.4, -0.2) is 30.6 Å². The largest absolute Gasteiger partial charge is 0.375 e. The molecule has 20 heavy (non-hydrogen) atoms. The molecule has 1 aromatic carbocycles. The molecule has 3 atom stereocenters. The molecule has 110 valence electrons. The molecule has 1 saturated heterocycles. The van der Waals surface area contributed by atoms with Gasteiger partial charge >= 0.3 is 0 Å². The van der Waals surface area contributed by atoms with Gasteiger partial charge in [-0.15, -0.1) is 0 Å². The third-order valence-corrected chi connectivity index (χ3v) is 5.07. The van der Waals surface area contributed by atoms with Gasteiger partial charge in [-0.05, 0) is 36.4 Å². The highest BCUT2D eigenvalue weighted by atomic mass is 16.5. The Hall–Kier alpha value is -0.900. The third-order valence-electron chi connectivity index (χ3n) is 5.07. The number of nitrogens with zero attached hydrogens (tertiary/aromatic N) is 1. The first-order chi connectivity index (χ1) is 9.83. The molecule has 2 heterocycles. The lowest BCUT2D eigenvalue weighted by Gasteiger charge is -2.45. The van der Waals surface area contributed by atoms with Crippen LogP contribution in [0.25, 0.3) is 0 Å². The Labute approximate surface area is 122 Å². The molecule has 0 amide bonds. The summed E-state index contributed by atoms with van der Waals surface area (Å²) in [6.45, 7) is 5.78.